The third kappa shape index (κ3) is 3.49. The summed E-state index contributed by atoms with van der Waals surface area (Å²) < 4.78 is 0. The van der Waals surface area contributed by atoms with Crippen molar-refractivity contribution in [3.8, 4) is 0 Å². The number of aryl methyl sites for hydroxylation is 1. The lowest BCUT2D eigenvalue weighted by Gasteiger charge is -2.28. The molecule has 0 saturated carbocycles. The summed E-state index contributed by atoms with van der Waals surface area (Å²) in [6.45, 7) is 0.236. The van der Waals surface area contributed by atoms with Gasteiger partial charge in [0.1, 0.15) is 5.54 Å². The van der Waals surface area contributed by atoms with Crippen LogP contribution < -0.4 is 5.32 Å². The molecule has 1 amide bonds. The van der Waals surface area contributed by atoms with Crippen molar-refractivity contribution in [1.29, 1.82) is 0 Å². The Labute approximate surface area is 105 Å². The van der Waals surface area contributed by atoms with Gasteiger partial charge in [-0.2, -0.15) is 0 Å². The number of rotatable bonds is 6. The molecule has 0 bridgehead atoms. The Kier molecular flexibility index (Phi) is 5.21. The van der Waals surface area contributed by atoms with Crippen LogP contribution in [0.3, 0.4) is 0 Å². The quantitative estimate of drug-likeness (QED) is 0.509. The zero-order chi connectivity index (χ0) is 13.6. The lowest BCUT2D eigenvalue weighted by atomic mass is 10.0. The first kappa shape index (κ1) is 14.6. The maximum absolute atomic E-state index is 11.8. The highest BCUT2D eigenvalue weighted by Crippen LogP contribution is 2.06. The van der Waals surface area contributed by atoms with E-state index in [0.717, 1.165) is 5.56 Å². The lowest BCUT2D eigenvalue weighted by molar-refractivity contribution is -0.124. The highest BCUT2D eigenvalue weighted by Gasteiger charge is 2.29. The smallest absolute Gasteiger partial charge is 0.226 e. The largest absolute Gasteiger partial charge is 0.394 e. The Balaban J connectivity index is 2.70. The summed E-state index contributed by atoms with van der Waals surface area (Å²) in [5.74, 6) is -0.408. The monoisotopic (exact) mass is 254 g/mol. The Bertz CT molecular complexity index is 397. The molecule has 0 atom stereocenters. The number of aliphatic hydroxyl groups is 3. The molecule has 0 unspecified atom stereocenters. The second kappa shape index (κ2) is 6.44. The van der Waals surface area contributed by atoms with Crippen LogP contribution >= 0.6 is 0 Å². The van der Waals surface area contributed by atoms with E-state index in [1.807, 2.05) is 13.0 Å². The van der Waals surface area contributed by atoms with Crippen molar-refractivity contribution in [2.45, 2.75) is 18.9 Å². The summed E-state index contributed by atoms with van der Waals surface area (Å²) in [5.41, 5.74) is 0.118. The molecular formula is C12H18N2O4. The second-order valence-electron chi connectivity index (χ2n) is 4.25. The molecule has 0 radical (unpaired) electrons. The molecule has 0 fully saturated rings. The summed E-state index contributed by atoms with van der Waals surface area (Å²) in [5, 5.41) is 29.7. The van der Waals surface area contributed by atoms with Crippen molar-refractivity contribution in [1.82, 2.24) is 10.3 Å². The van der Waals surface area contributed by atoms with E-state index in [4.69, 9.17) is 15.3 Å². The number of aliphatic hydroxyl groups excluding tert-OH is 3. The van der Waals surface area contributed by atoms with E-state index < -0.39 is 31.3 Å². The molecule has 1 aromatic heterocycles. The topological polar surface area (TPSA) is 103 Å². The van der Waals surface area contributed by atoms with Crippen molar-refractivity contribution in [2.75, 3.05) is 19.8 Å². The second-order valence-corrected chi connectivity index (χ2v) is 4.25. The molecule has 1 aromatic rings. The number of amides is 1. The third-order valence-electron chi connectivity index (χ3n) is 2.76. The Morgan fingerprint density at radius 2 is 1.94 bits per heavy atom. The molecule has 0 aliphatic carbocycles. The van der Waals surface area contributed by atoms with E-state index in [9.17, 15) is 4.79 Å². The van der Waals surface area contributed by atoms with Crippen LogP contribution in [0, 0.1) is 6.92 Å². The van der Waals surface area contributed by atoms with E-state index in [1.54, 1.807) is 12.3 Å². The molecule has 0 aliphatic heterocycles. The lowest BCUT2D eigenvalue weighted by Crippen LogP contribution is -2.57. The zero-order valence-electron chi connectivity index (χ0n) is 10.3. The first-order valence-electron chi connectivity index (χ1n) is 5.61. The van der Waals surface area contributed by atoms with Crippen LogP contribution in [0.25, 0.3) is 0 Å². The first-order valence-corrected chi connectivity index (χ1v) is 5.61. The van der Waals surface area contributed by atoms with E-state index in [2.05, 4.69) is 10.3 Å². The summed E-state index contributed by atoms with van der Waals surface area (Å²) >= 11 is 0. The highest BCUT2D eigenvalue weighted by atomic mass is 16.3. The normalized spacial score (nSPS) is 11.3. The number of aromatic nitrogens is 1. The molecule has 1 rings (SSSR count). The number of hydrogen-bond donors (Lipinski definition) is 4. The first-order chi connectivity index (χ1) is 8.56. The van der Waals surface area contributed by atoms with Gasteiger partial charge in [0.25, 0.3) is 0 Å². The van der Waals surface area contributed by atoms with Gasteiger partial charge in [-0.05, 0) is 18.6 Å². The van der Waals surface area contributed by atoms with E-state index in [-0.39, 0.29) is 6.42 Å². The van der Waals surface area contributed by atoms with Crippen molar-refractivity contribution in [3.63, 3.8) is 0 Å². The van der Waals surface area contributed by atoms with Crippen LogP contribution in [0.1, 0.15) is 11.3 Å². The van der Waals surface area contributed by atoms with Crippen LogP contribution in [-0.2, 0) is 11.2 Å². The van der Waals surface area contributed by atoms with Crippen molar-refractivity contribution >= 4 is 5.91 Å². The third-order valence-corrected chi connectivity index (χ3v) is 2.76. The minimum Gasteiger partial charge on any atom is -0.394 e. The van der Waals surface area contributed by atoms with Gasteiger partial charge in [-0.25, -0.2) is 0 Å². The summed E-state index contributed by atoms with van der Waals surface area (Å²) in [7, 11) is 0. The molecule has 0 saturated heterocycles. The fourth-order valence-electron chi connectivity index (χ4n) is 1.46. The molecule has 4 N–H and O–H groups in total. The predicted octanol–water partition coefficient (Wildman–Crippen LogP) is -1.24. The summed E-state index contributed by atoms with van der Waals surface area (Å²) in [4.78, 5) is 15.8. The Hall–Kier alpha value is -1.50. The minimum absolute atomic E-state index is 0.0361. The number of carbonyl (C=O) groups is 1. The van der Waals surface area contributed by atoms with E-state index >= 15 is 0 Å². The zero-order valence-corrected chi connectivity index (χ0v) is 10.3. The number of carbonyl (C=O) groups excluding carboxylic acids is 1. The molecule has 6 heteroatoms. The molecule has 18 heavy (non-hydrogen) atoms. The van der Waals surface area contributed by atoms with Crippen LogP contribution in [0.15, 0.2) is 18.3 Å². The van der Waals surface area contributed by atoms with Gasteiger partial charge in [-0.15, -0.1) is 0 Å². The molecule has 6 nitrogen and oxygen atoms in total. The van der Waals surface area contributed by atoms with Gasteiger partial charge in [0.2, 0.25) is 5.91 Å². The van der Waals surface area contributed by atoms with Crippen LogP contribution in [0.2, 0.25) is 0 Å². The molecule has 100 valence electrons. The van der Waals surface area contributed by atoms with Crippen molar-refractivity contribution in [3.05, 3.63) is 29.6 Å². The highest BCUT2D eigenvalue weighted by molar-refractivity contribution is 5.79. The van der Waals surface area contributed by atoms with Crippen LogP contribution in [0.5, 0.6) is 0 Å². The maximum Gasteiger partial charge on any atom is 0.226 e. The average molecular weight is 254 g/mol. The number of pyridine rings is 1. The number of nitrogens with zero attached hydrogens (tertiary/aromatic N) is 1. The molecule has 1 heterocycles. The van der Waals surface area contributed by atoms with Gasteiger partial charge < -0.3 is 20.6 Å². The molecular weight excluding hydrogens is 236 g/mol. The predicted molar refractivity (Wildman–Crippen MR) is 64.8 cm³/mol. The summed E-state index contributed by atoms with van der Waals surface area (Å²) in [6.07, 6.45) is 1.63. The number of hydrogen-bond acceptors (Lipinski definition) is 5. The SMILES string of the molecule is Cc1cccnc1CC(=O)NC(CO)(CO)CO. The van der Waals surface area contributed by atoms with Crippen molar-refractivity contribution in [2.24, 2.45) is 0 Å². The number of nitrogens with one attached hydrogen (secondary N) is 1. The fourth-order valence-corrected chi connectivity index (χ4v) is 1.46. The fraction of sp³-hybridized carbons (Fsp3) is 0.500. The van der Waals surface area contributed by atoms with Crippen molar-refractivity contribution < 1.29 is 20.1 Å². The minimum atomic E-state index is -1.39. The van der Waals surface area contributed by atoms with Gasteiger partial charge >= 0.3 is 0 Å². The molecule has 0 aliphatic rings. The summed E-state index contributed by atoms with van der Waals surface area (Å²) in [6, 6.07) is 3.61. The van der Waals surface area contributed by atoms with E-state index in [1.165, 1.54) is 0 Å². The van der Waals surface area contributed by atoms with Gasteiger partial charge in [-0.1, -0.05) is 6.07 Å². The standard InChI is InChI=1S/C12H18N2O4/c1-9-3-2-4-13-10(9)5-11(18)14-12(6-15,7-16)8-17/h2-4,15-17H,5-8H2,1H3,(H,14,18). The molecule has 0 aromatic carbocycles. The van der Waals surface area contributed by atoms with Gasteiger partial charge in [0.05, 0.1) is 31.9 Å². The Morgan fingerprint density at radius 1 is 1.33 bits per heavy atom. The van der Waals surface area contributed by atoms with Crippen LogP contribution in [0.4, 0.5) is 0 Å². The maximum atomic E-state index is 11.8. The van der Waals surface area contributed by atoms with Gasteiger partial charge in [0.15, 0.2) is 0 Å². The van der Waals surface area contributed by atoms with E-state index in [0.29, 0.717) is 5.69 Å². The van der Waals surface area contributed by atoms with Gasteiger partial charge in [-0.3, -0.25) is 9.78 Å². The Morgan fingerprint density at radius 3 is 2.44 bits per heavy atom. The molecule has 0 spiro atoms. The van der Waals surface area contributed by atoms with Crippen LogP contribution in [-0.4, -0.2) is 51.6 Å². The van der Waals surface area contributed by atoms with Gasteiger partial charge in [0, 0.05) is 6.20 Å². The average Bonchev–Trinajstić information content (AvgIpc) is 2.39.